The Labute approximate surface area is 106 Å². The number of nitrogens with zero attached hydrogens (tertiary/aromatic N) is 1. The zero-order valence-corrected chi connectivity index (χ0v) is 11.0. The van der Waals surface area contributed by atoms with Crippen LogP contribution in [0, 0.1) is 6.92 Å². The first-order valence-corrected chi connectivity index (χ1v) is 6.89. The van der Waals surface area contributed by atoms with E-state index in [1.807, 2.05) is 6.92 Å². The molecule has 17 heavy (non-hydrogen) atoms. The lowest BCUT2D eigenvalue weighted by molar-refractivity contribution is -0.142. The second-order valence-electron chi connectivity index (χ2n) is 4.00. The van der Waals surface area contributed by atoms with Crippen molar-refractivity contribution in [1.82, 2.24) is 0 Å². The molecule has 1 aromatic rings. The molecular formula is C13H17NO2S. The normalized spacial score (nSPS) is 19.4. The van der Waals surface area contributed by atoms with E-state index in [0.717, 1.165) is 18.0 Å². The minimum absolute atomic E-state index is 0.129. The standard InChI is InChI=1S/C13H17NO2S/c1-3-16-13(15)12-14(8-9-17-12)11-6-4-10(2)5-7-11/h4-7,12H,3,8-9H2,1-2H3. The summed E-state index contributed by atoms with van der Waals surface area (Å²) in [6, 6.07) is 8.27. The van der Waals surface area contributed by atoms with E-state index in [4.69, 9.17) is 4.74 Å². The highest BCUT2D eigenvalue weighted by atomic mass is 32.2. The zero-order valence-electron chi connectivity index (χ0n) is 10.2. The monoisotopic (exact) mass is 251 g/mol. The summed E-state index contributed by atoms with van der Waals surface area (Å²) in [4.78, 5) is 13.9. The third-order valence-electron chi connectivity index (χ3n) is 2.74. The summed E-state index contributed by atoms with van der Waals surface area (Å²) >= 11 is 1.65. The Morgan fingerprint density at radius 3 is 2.82 bits per heavy atom. The molecule has 3 nitrogen and oxygen atoms in total. The van der Waals surface area contributed by atoms with Gasteiger partial charge in [-0.1, -0.05) is 17.7 Å². The molecule has 0 aliphatic carbocycles. The third kappa shape index (κ3) is 2.75. The molecule has 1 unspecified atom stereocenters. The van der Waals surface area contributed by atoms with Gasteiger partial charge in [-0.3, -0.25) is 0 Å². The Hall–Kier alpha value is -1.16. The SMILES string of the molecule is CCOC(=O)C1SCCN1c1ccc(C)cc1. The second kappa shape index (κ2) is 5.45. The Morgan fingerprint density at radius 2 is 2.18 bits per heavy atom. The minimum atomic E-state index is -0.183. The summed E-state index contributed by atoms with van der Waals surface area (Å²) in [5.74, 6) is 0.841. The van der Waals surface area contributed by atoms with Gasteiger partial charge in [-0.15, -0.1) is 11.8 Å². The molecule has 4 heteroatoms. The predicted octanol–water partition coefficient (Wildman–Crippen LogP) is 2.44. The zero-order chi connectivity index (χ0) is 12.3. The molecule has 2 rings (SSSR count). The number of carbonyl (C=O) groups excluding carboxylic acids is 1. The Morgan fingerprint density at radius 1 is 1.47 bits per heavy atom. The van der Waals surface area contributed by atoms with Gasteiger partial charge in [-0.25, -0.2) is 4.79 Å². The fourth-order valence-corrected chi connectivity index (χ4v) is 3.02. The summed E-state index contributed by atoms with van der Waals surface area (Å²) < 4.78 is 5.10. The molecule has 0 N–H and O–H groups in total. The first-order valence-electron chi connectivity index (χ1n) is 5.84. The van der Waals surface area contributed by atoms with Crippen molar-refractivity contribution in [2.45, 2.75) is 19.2 Å². The smallest absolute Gasteiger partial charge is 0.339 e. The van der Waals surface area contributed by atoms with Crippen molar-refractivity contribution in [3.05, 3.63) is 29.8 Å². The van der Waals surface area contributed by atoms with Gasteiger partial charge in [0.05, 0.1) is 6.61 Å². The van der Waals surface area contributed by atoms with Crippen molar-refractivity contribution in [2.75, 3.05) is 23.8 Å². The van der Waals surface area contributed by atoms with Crippen molar-refractivity contribution in [1.29, 1.82) is 0 Å². The lowest BCUT2D eigenvalue weighted by atomic mass is 10.2. The van der Waals surface area contributed by atoms with Crippen LogP contribution in [0.3, 0.4) is 0 Å². The number of thioether (sulfide) groups is 1. The molecule has 1 heterocycles. The van der Waals surface area contributed by atoms with Crippen molar-refractivity contribution in [3.63, 3.8) is 0 Å². The molecule has 0 aromatic heterocycles. The largest absolute Gasteiger partial charge is 0.464 e. The van der Waals surface area contributed by atoms with Gasteiger partial charge in [-0.2, -0.15) is 0 Å². The topological polar surface area (TPSA) is 29.5 Å². The maximum atomic E-state index is 11.8. The van der Waals surface area contributed by atoms with Crippen LogP contribution in [0.15, 0.2) is 24.3 Å². The average Bonchev–Trinajstić information content (AvgIpc) is 2.79. The molecule has 92 valence electrons. The molecule has 1 aliphatic rings. The number of carbonyl (C=O) groups is 1. The molecule has 0 spiro atoms. The quantitative estimate of drug-likeness (QED) is 0.772. The van der Waals surface area contributed by atoms with Crippen LogP contribution in [0.5, 0.6) is 0 Å². The fourth-order valence-electron chi connectivity index (χ4n) is 1.88. The minimum Gasteiger partial charge on any atom is -0.464 e. The van der Waals surface area contributed by atoms with Gasteiger partial charge < -0.3 is 9.64 Å². The summed E-state index contributed by atoms with van der Waals surface area (Å²) in [5.41, 5.74) is 2.33. The van der Waals surface area contributed by atoms with E-state index in [0.29, 0.717) is 6.61 Å². The number of rotatable bonds is 3. The van der Waals surface area contributed by atoms with Crippen LogP contribution in [0.2, 0.25) is 0 Å². The average molecular weight is 251 g/mol. The maximum Gasteiger partial charge on any atom is 0.339 e. The van der Waals surface area contributed by atoms with Crippen molar-refractivity contribution >= 4 is 23.4 Å². The van der Waals surface area contributed by atoms with Gasteiger partial charge in [0.15, 0.2) is 5.37 Å². The van der Waals surface area contributed by atoms with E-state index in [9.17, 15) is 4.79 Å². The second-order valence-corrected chi connectivity index (χ2v) is 5.19. The lowest BCUT2D eigenvalue weighted by Gasteiger charge is -2.24. The van der Waals surface area contributed by atoms with Gasteiger partial charge in [-0.05, 0) is 26.0 Å². The van der Waals surface area contributed by atoms with E-state index in [1.54, 1.807) is 11.8 Å². The molecule has 0 bridgehead atoms. The molecule has 0 radical (unpaired) electrons. The number of esters is 1. The molecule has 1 aliphatic heterocycles. The Balaban J connectivity index is 2.14. The molecule has 1 aromatic carbocycles. The number of ether oxygens (including phenoxy) is 1. The van der Waals surface area contributed by atoms with Crippen LogP contribution in [0.25, 0.3) is 0 Å². The van der Waals surface area contributed by atoms with Crippen LogP contribution in [-0.2, 0) is 9.53 Å². The van der Waals surface area contributed by atoms with E-state index < -0.39 is 0 Å². The van der Waals surface area contributed by atoms with Crippen LogP contribution < -0.4 is 4.90 Å². The Bertz CT molecular complexity index is 391. The van der Waals surface area contributed by atoms with Gasteiger partial charge in [0.2, 0.25) is 0 Å². The highest BCUT2D eigenvalue weighted by Crippen LogP contribution is 2.30. The van der Waals surface area contributed by atoms with Crippen LogP contribution in [0.4, 0.5) is 5.69 Å². The molecule has 0 saturated carbocycles. The van der Waals surface area contributed by atoms with Gasteiger partial charge in [0.25, 0.3) is 0 Å². The molecule has 1 atom stereocenters. The summed E-state index contributed by atoms with van der Waals surface area (Å²) in [6.45, 7) is 5.24. The van der Waals surface area contributed by atoms with E-state index in [2.05, 4.69) is 36.1 Å². The lowest BCUT2D eigenvalue weighted by Crippen LogP contribution is -2.35. The number of aryl methyl sites for hydroxylation is 1. The first-order chi connectivity index (χ1) is 8.22. The van der Waals surface area contributed by atoms with Crippen molar-refractivity contribution < 1.29 is 9.53 Å². The first kappa shape index (κ1) is 12.3. The van der Waals surface area contributed by atoms with Crippen molar-refractivity contribution in [2.24, 2.45) is 0 Å². The van der Waals surface area contributed by atoms with Gasteiger partial charge in [0.1, 0.15) is 0 Å². The summed E-state index contributed by atoms with van der Waals surface area (Å²) in [7, 11) is 0. The van der Waals surface area contributed by atoms with Crippen molar-refractivity contribution in [3.8, 4) is 0 Å². The Kier molecular flexibility index (Phi) is 3.94. The predicted molar refractivity (Wildman–Crippen MR) is 71.4 cm³/mol. The highest BCUT2D eigenvalue weighted by molar-refractivity contribution is 8.01. The molecular weight excluding hydrogens is 234 g/mol. The number of benzene rings is 1. The van der Waals surface area contributed by atoms with E-state index >= 15 is 0 Å². The van der Waals surface area contributed by atoms with Crippen LogP contribution in [0.1, 0.15) is 12.5 Å². The van der Waals surface area contributed by atoms with Gasteiger partial charge >= 0.3 is 5.97 Å². The third-order valence-corrected chi connectivity index (χ3v) is 3.93. The van der Waals surface area contributed by atoms with Gasteiger partial charge in [0, 0.05) is 18.0 Å². The molecule has 0 amide bonds. The number of hydrogen-bond donors (Lipinski definition) is 0. The molecule has 1 fully saturated rings. The highest BCUT2D eigenvalue weighted by Gasteiger charge is 2.32. The summed E-state index contributed by atoms with van der Waals surface area (Å²) in [6.07, 6.45) is 0. The van der Waals surface area contributed by atoms with E-state index in [-0.39, 0.29) is 11.3 Å². The van der Waals surface area contributed by atoms with E-state index in [1.165, 1.54) is 5.56 Å². The summed E-state index contributed by atoms with van der Waals surface area (Å²) in [5, 5.41) is -0.183. The number of hydrogen-bond acceptors (Lipinski definition) is 4. The molecule has 1 saturated heterocycles. The van der Waals surface area contributed by atoms with Crippen LogP contribution in [-0.4, -0.2) is 30.2 Å². The number of anilines is 1. The maximum absolute atomic E-state index is 11.8. The fraction of sp³-hybridized carbons (Fsp3) is 0.462. The van der Waals surface area contributed by atoms with Crippen LogP contribution >= 0.6 is 11.8 Å².